The third kappa shape index (κ3) is 4.82. The quantitative estimate of drug-likeness (QED) is 0.374. The topological polar surface area (TPSA) is 52.9 Å². The molecule has 1 aliphatic heterocycles. The van der Waals surface area contributed by atoms with E-state index >= 15 is 0 Å². The van der Waals surface area contributed by atoms with E-state index in [1.54, 1.807) is 11.3 Å². The van der Waals surface area contributed by atoms with Crippen LogP contribution in [-0.4, -0.2) is 51.4 Å². The SMILES string of the molecule is CCc1cccc(NC(=O)N2CCN(Cc3c(-c4ccc(Cl)cc4)nc4sc(C)cn34)CC2)c1. The molecule has 1 N–H and O–H groups in total. The zero-order chi connectivity index (χ0) is 23.7. The summed E-state index contributed by atoms with van der Waals surface area (Å²) < 4.78 is 2.21. The monoisotopic (exact) mass is 493 g/mol. The van der Waals surface area contributed by atoms with Gasteiger partial charge in [0.15, 0.2) is 4.96 Å². The number of rotatable bonds is 5. The molecule has 0 spiro atoms. The third-order valence-electron chi connectivity index (χ3n) is 6.28. The predicted molar refractivity (Wildman–Crippen MR) is 140 cm³/mol. The molecule has 8 heteroatoms. The number of nitrogens with one attached hydrogen (secondary N) is 1. The molecule has 0 unspecified atom stereocenters. The number of imidazole rings is 1. The second kappa shape index (κ2) is 9.78. The highest BCUT2D eigenvalue weighted by Crippen LogP contribution is 2.30. The molecule has 4 aromatic rings. The minimum absolute atomic E-state index is 0.0324. The number of benzene rings is 2. The molecule has 0 aliphatic carbocycles. The summed E-state index contributed by atoms with van der Waals surface area (Å²) in [4.78, 5) is 24.3. The number of piperazine rings is 1. The highest BCUT2D eigenvalue weighted by molar-refractivity contribution is 7.17. The third-order valence-corrected chi connectivity index (χ3v) is 7.43. The Hall–Kier alpha value is -2.87. The average Bonchev–Trinajstić information content (AvgIpc) is 3.37. The first-order valence-electron chi connectivity index (χ1n) is 11.6. The summed E-state index contributed by atoms with van der Waals surface area (Å²) in [6, 6.07) is 15.9. The van der Waals surface area contributed by atoms with E-state index in [9.17, 15) is 4.79 Å². The number of fused-ring (bicyclic) bond motifs is 1. The smallest absolute Gasteiger partial charge is 0.321 e. The summed E-state index contributed by atoms with van der Waals surface area (Å²) in [5.41, 5.74) is 5.32. The Balaban J connectivity index is 1.28. The molecule has 3 heterocycles. The minimum Gasteiger partial charge on any atom is -0.322 e. The van der Waals surface area contributed by atoms with Gasteiger partial charge in [-0.2, -0.15) is 0 Å². The number of nitrogens with zero attached hydrogens (tertiary/aromatic N) is 4. The van der Waals surface area contributed by atoms with Gasteiger partial charge in [0, 0.05) is 60.1 Å². The molecule has 1 fully saturated rings. The number of aryl methyl sites for hydroxylation is 2. The summed E-state index contributed by atoms with van der Waals surface area (Å²) in [5.74, 6) is 0. The maximum Gasteiger partial charge on any atom is 0.321 e. The molecule has 5 rings (SSSR count). The van der Waals surface area contributed by atoms with Crippen LogP contribution < -0.4 is 5.32 Å². The second-order valence-corrected chi connectivity index (χ2v) is 10.3. The summed E-state index contributed by atoms with van der Waals surface area (Å²) in [6.45, 7) is 8.03. The van der Waals surface area contributed by atoms with Crippen LogP contribution in [0.1, 0.15) is 23.1 Å². The van der Waals surface area contributed by atoms with Gasteiger partial charge in [-0.1, -0.05) is 42.8 Å². The molecular formula is C26H28ClN5OS. The number of aromatic nitrogens is 2. The van der Waals surface area contributed by atoms with Crippen LogP contribution in [-0.2, 0) is 13.0 Å². The average molecular weight is 494 g/mol. The summed E-state index contributed by atoms with van der Waals surface area (Å²) in [7, 11) is 0. The first kappa shape index (κ1) is 22.9. The van der Waals surface area contributed by atoms with Crippen LogP contribution in [0.3, 0.4) is 0 Å². The maximum absolute atomic E-state index is 12.8. The number of urea groups is 1. The lowest BCUT2D eigenvalue weighted by molar-refractivity contribution is 0.142. The van der Waals surface area contributed by atoms with Crippen molar-refractivity contribution in [1.82, 2.24) is 19.2 Å². The fraction of sp³-hybridized carbons (Fsp3) is 0.308. The first-order chi connectivity index (χ1) is 16.5. The molecule has 0 radical (unpaired) electrons. The molecule has 2 aromatic heterocycles. The van der Waals surface area contributed by atoms with Crippen molar-refractivity contribution in [3.8, 4) is 11.3 Å². The van der Waals surface area contributed by atoms with E-state index in [1.807, 2.05) is 47.4 Å². The van der Waals surface area contributed by atoms with Gasteiger partial charge in [0.1, 0.15) is 0 Å². The predicted octanol–water partition coefficient (Wildman–Crippen LogP) is 5.94. The minimum atomic E-state index is -0.0324. The highest BCUT2D eigenvalue weighted by Gasteiger charge is 2.24. The normalized spacial score (nSPS) is 14.6. The number of amides is 2. The summed E-state index contributed by atoms with van der Waals surface area (Å²) in [6.07, 6.45) is 3.11. The number of carbonyl (C=O) groups is 1. The van der Waals surface area contributed by atoms with Crippen molar-refractivity contribution in [2.75, 3.05) is 31.5 Å². The van der Waals surface area contributed by atoms with Gasteiger partial charge in [-0.25, -0.2) is 9.78 Å². The zero-order valence-corrected chi connectivity index (χ0v) is 21.0. The van der Waals surface area contributed by atoms with Gasteiger partial charge in [0.25, 0.3) is 0 Å². The Morgan fingerprint density at radius 2 is 1.88 bits per heavy atom. The van der Waals surface area contributed by atoms with E-state index in [-0.39, 0.29) is 6.03 Å². The number of halogens is 1. The lowest BCUT2D eigenvalue weighted by atomic mass is 10.1. The Labute approximate surface area is 208 Å². The molecule has 6 nitrogen and oxygen atoms in total. The fourth-order valence-corrected chi connectivity index (χ4v) is 5.35. The van der Waals surface area contributed by atoms with Crippen LogP contribution in [0.5, 0.6) is 0 Å². The molecule has 34 heavy (non-hydrogen) atoms. The molecule has 2 amide bonds. The molecule has 1 aliphatic rings. The van der Waals surface area contributed by atoms with Crippen LogP contribution in [0.15, 0.2) is 54.7 Å². The zero-order valence-electron chi connectivity index (χ0n) is 19.4. The van der Waals surface area contributed by atoms with Crippen LogP contribution in [0.25, 0.3) is 16.2 Å². The van der Waals surface area contributed by atoms with Gasteiger partial charge in [0.05, 0.1) is 11.4 Å². The van der Waals surface area contributed by atoms with E-state index in [4.69, 9.17) is 16.6 Å². The van der Waals surface area contributed by atoms with Crippen LogP contribution in [0.2, 0.25) is 5.02 Å². The van der Waals surface area contributed by atoms with Gasteiger partial charge in [-0.15, -0.1) is 11.3 Å². The second-order valence-electron chi connectivity index (χ2n) is 8.66. The van der Waals surface area contributed by atoms with E-state index in [0.717, 1.165) is 53.0 Å². The van der Waals surface area contributed by atoms with Crippen molar-refractivity contribution in [1.29, 1.82) is 0 Å². The van der Waals surface area contributed by atoms with Crippen molar-refractivity contribution in [2.45, 2.75) is 26.8 Å². The standard InChI is InChI=1S/C26H28ClN5OS/c1-3-19-5-4-6-22(15-19)28-25(33)31-13-11-30(12-14-31)17-23-24(20-7-9-21(27)10-8-20)29-26-32(23)16-18(2)34-26/h4-10,15-16H,3,11-14,17H2,1-2H3,(H,28,33). The van der Waals surface area contributed by atoms with Crippen molar-refractivity contribution in [2.24, 2.45) is 0 Å². The summed E-state index contributed by atoms with van der Waals surface area (Å²) >= 11 is 7.81. The van der Waals surface area contributed by atoms with E-state index in [1.165, 1.54) is 16.1 Å². The molecule has 176 valence electrons. The van der Waals surface area contributed by atoms with Crippen LogP contribution >= 0.6 is 22.9 Å². The van der Waals surface area contributed by atoms with E-state index in [2.05, 4.69) is 40.7 Å². The highest BCUT2D eigenvalue weighted by atomic mass is 35.5. The Kier molecular flexibility index (Phi) is 6.59. The van der Waals surface area contributed by atoms with Crippen molar-refractivity contribution >= 4 is 39.6 Å². The van der Waals surface area contributed by atoms with Gasteiger partial charge in [-0.3, -0.25) is 9.30 Å². The molecule has 1 saturated heterocycles. The Morgan fingerprint density at radius 3 is 2.62 bits per heavy atom. The number of hydrogen-bond acceptors (Lipinski definition) is 4. The lowest BCUT2D eigenvalue weighted by Gasteiger charge is -2.34. The molecule has 2 aromatic carbocycles. The van der Waals surface area contributed by atoms with Crippen LogP contribution in [0.4, 0.5) is 10.5 Å². The largest absolute Gasteiger partial charge is 0.322 e. The van der Waals surface area contributed by atoms with Gasteiger partial charge >= 0.3 is 6.03 Å². The molecule has 0 atom stereocenters. The van der Waals surface area contributed by atoms with Crippen molar-refractivity contribution < 1.29 is 4.79 Å². The lowest BCUT2D eigenvalue weighted by Crippen LogP contribution is -2.49. The van der Waals surface area contributed by atoms with Gasteiger partial charge in [0.2, 0.25) is 0 Å². The number of carbonyl (C=O) groups excluding carboxylic acids is 1. The molecule has 0 saturated carbocycles. The van der Waals surface area contributed by atoms with Gasteiger partial charge < -0.3 is 10.2 Å². The molecular weight excluding hydrogens is 466 g/mol. The fourth-order valence-electron chi connectivity index (χ4n) is 4.38. The van der Waals surface area contributed by atoms with Gasteiger partial charge in [-0.05, 0) is 43.2 Å². The molecule has 0 bridgehead atoms. The first-order valence-corrected chi connectivity index (χ1v) is 12.8. The van der Waals surface area contributed by atoms with E-state index < -0.39 is 0 Å². The Bertz CT molecular complexity index is 1300. The Morgan fingerprint density at radius 1 is 1.12 bits per heavy atom. The van der Waals surface area contributed by atoms with Crippen molar-refractivity contribution in [3.05, 3.63) is 75.9 Å². The van der Waals surface area contributed by atoms with E-state index in [0.29, 0.717) is 13.1 Å². The van der Waals surface area contributed by atoms with Crippen LogP contribution in [0, 0.1) is 6.92 Å². The number of anilines is 1. The maximum atomic E-state index is 12.8. The van der Waals surface area contributed by atoms with Crippen molar-refractivity contribution in [3.63, 3.8) is 0 Å². The summed E-state index contributed by atoms with van der Waals surface area (Å²) in [5, 5.41) is 3.77. The number of hydrogen-bond donors (Lipinski definition) is 1. The number of thiazole rings is 1.